The molecule has 24 heavy (non-hydrogen) atoms. The number of carboxylic acids is 1. The molecule has 0 bridgehead atoms. The number of ether oxygens (including phenoxy) is 1. The van der Waals surface area contributed by atoms with E-state index in [1.54, 1.807) is 0 Å². The third-order valence-corrected chi connectivity index (χ3v) is 3.80. The van der Waals surface area contributed by atoms with Crippen LogP contribution in [0.25, 0.3) is 0 Å². The summed E-state index contributed by atoms with van der Waals surface area (Å²) < 4.78 is 4.88. The molecule has 10 heteroatoms. The lowest BCUT2D eigenvalue weighted by Gasteiger charge is -2.39. The number of carbonyl (C=O) groups is 2. The third-order valence-electron chi connectivity index (χ3n) is 3.80. The lowest BCUT2D eigenvalue weighted by atomic mass is 9.79. The highest BCUT2D eigenvalue weighted by molar-refractivity contribution is 5.91. The van der Waals surface area contributed by atoms with E-state index in [9.17, 15) is 40.2 Å². The fourth-order valence-electron chi connectivity index (χ4n) is 2.51. The van der Waals surface area contributed by atoms with Gasteiger partial charge in [0.15, 0.2) is 29.0 Å². The van der Waals surface area contributed by atoms with Crippen LogP contribution in [0.1, 0.15) is 23.2 Å². The minimum absolute atomic E-state index is 0.374. The van der Waals surface area contributed by atoms with Gasteiger partial charge in [-0.2, -0.15) is 0 Å². The number of aliphatic hydroxyl groups excluding tert-OH is 2. The van der Waals surface area contributed by atoms with E-state index in [0.29, 0.717) is 0 Å². The van der Waals surface area contributed by atoms with Crippen molar-refractivity contribution >= 4 is 11.9 Å². The molecule has 0 spiro atoms. The first-order chi connectivity index (χ1) is 11.0. The number of aliphatic hydroxyl groups is 3. The Balaban J connectivity index is 2.16. The maximum absolute atomic E-state index is 12.0. The van der Waals surface area contributed by atoms with Crippen LogP contribution in [-0.2, 0) is 9.53 Å². The van der Waals surface area contributed by atoms with Crippen molar-refractivity contribution in [1.82, 2.24) is 0 Å². The van der Waals surface area contributed by atoms with E-state index in [0.717, 1.165) is 12.1 Å². The molecule has 132 valence electrons. The molecule has 7 N–H and O–H groups in total. The Morgan fingerprint density at radius 3 is 1.92 bits per heavy atom. The molecule has 1 aromatic carbocycles. The summed E-state index contributed by atoms with van der Waals surface area (Å²) in [5.74, 6) is -5.18. The van der Waals surface area contributed by atoms with Gasteiger partial charge in [-0.1, -0.05) is 0 Å². The summed E-state index contributed by atoms with van der Waals surface area (Å²) in [6, 6.07) is 1.60. The van der Waals surface area contributed by atoms with Crippen LogP contribution in [-0.4, -0.2) is 71.6 Å². The number of aromatic hydroxyl groups is 3. The molecule has 2 atom stereocenters. The zero-order valence-corrected chi connectivity index (χ0v) is 12.2. The second-order valence-electron chi connectivity index (χ2n) is 5.61. The molecule has 1 saturated carbocycles. The van der Waals surface area contributed by atoms with Crippen LogP contribution in [0.3, 0.4) is 0 Å². The minimum Gasteiger partial charge on any atom is -0.504 e. The Morgan fingerprint density at radius 2 is 1.50 bits per heavy atom. The molecule has 0 aromatic heterocycles. The number of rotatable bonds is 3. The normalized spacial score (nSPS) is 29.9. The van der Waals surface area contributed by atoms with Crippen LogP contribution in [0.5, 0.6) is 17.2 Å². The number of carbonyl (C=O) groups excluding carboxylic acids is 1. The predicted octanol–water partition coefficient (Wildman–Crippen LogP) is -1.34. The van der Waals surface area contributed by atoms with Crippen LogP contribution in [0.4, 0.5) is 0 Å². The van der Waals surface area contributed by atoms with E-state index in [1.165, 1.54) is 0 Å². The highest BCUT2D eigenvalue weighted by Gasteiger charge is 2.50. The number of phenols is 3. The van der Waals surface area contributed by atoms with E-state index in [1.807, 2.05) is 0 Å². The first-order valence-corrected chi connectivity index (χ1v) is 6.83. The molecule has 0 radical (unpaired) electrons. The quantitative estimate of drug-likeness (QED) is 0.256. The number of carboxylic acid groups (broad SMARTS) is 1. The number of hydrogen-bond donors (Lipinski definition) is 7. The molecule has 0 aliphatic heterocycles. The van der Waals surface area contributed by atoms with Gasteiger partial charge in [0.05, 0.1) is 17.8 Å². The number of esters is 1. The lowest BCUT2D eigenvalue weighted by molar-refractivity contribution is -0.187. The van der Waals surface area contributed by atoms with Gasteiger partial charge in [0.1, 0.15) is 0 Å². The zero-order chi connectivity index (χ0) is 18.2. The van der Waals surface area contributed by atoms with Crippen LogP contribution in [0, 0.1) is 0 Å². The average Bonchev–Trinajstić information content (AvgIpc) is 2.47. The van der Waals surface area contributed by atoms with Gasteiger partial charge in [0.2, 0.25) is 0 Å². The topological polar surface area (TPSA) is 185 Å². The maximum Gasteiger partial charge on any atom is 0.338 e. The van der Waals surface area contributed by atoms with Crippen molar-refractivity contribution < 1.29 is 50.1 Å². The van der Waals surface area contributed by atoms with Crippen LogP contribution < -0.4 is 0 Å². The van der Waals surface area contributed by atoms with Crippen molar-refractivity contribution in [3.05, 3.63) is 17.7 Å². The first-order valence-electron chi connectivity index (χ1n) is 6.83. The van der Waals surface area contributed by atoms with Crippen molar-refractivity contribution in [2.45, 2.75) is 36.8 Å². The summed E-state index contributed by atoms with van der Waals surface area (Å²) in [7, 11) is 0. The molecule has 0 saturated heterocycles. The zero-order valence-electron chi connectivity index (χ0n) is 12.2. The SMILES string of the molecule is O=C(OC1[C@H](O)CC(O)(C(=O)O)C[C@H]1O)c1cc(O)c(O)c(O)c1. The largest absolute Gasteiger partial charge is 0.504 e. The monoisotopic (exact) mass is 344 g/mol. The highest BCUT2D eigenvalue weighted by Crippen LogP contribution is 2.36. The summed E-state index contributed by atoms with van der Waals surface area (Å²) in [5, 5.41) is 66.4. The third kappa shape index (κ3) is 3.20. The van der Waals surface area contributed by atoms with Gasteiger partial charge in [0, 0.05) is 12.8 Å². The molecule has 1 aliphatic carbocycles. The number of aliphatic carboxylic acids is 1. The smallest absolute Gasteiger partial charge is 0.338 e. The molecular weight excluding hydrogens is 328 g/mol. The summed E-state index contributed by atoms with van der Waals surface area (Å²) in [4.78, 5) is 23.0. The van der Waals surface area contributed by atoms with Gasteiger partial charge in [-0.15, -0.1) is 0 Å². The molecule has 2 rings (SSSR count). The molecular formula is C14H16O10. The molecule has 0 unspecified atom stereocenters. The molecule has 1 aliphatic rings. The van der Waals surface area contributed by atoms with E-state index < -0.39 is 65.9 Å². The van der Waals surface area contributed by atoms with Crippen molar-refractivity contribution in [3.63, 3.8) is 0 Å². The summed E-state index contributed by atoms with van der Waals surface area (Å²) in [5.41, 5.74) is -2.72. The van der Waals surface area contributed by atoms with E-state index >= 15 is 0 Å². The minimum atomic E-state index is -2.35. The lowest BCUT2D eigenvalue weighted by Crippen LogP contribution is -2.57. The number of phenolic OH excluding ortho intramolecular Hbond substituents is 3. The second kappa shape index (κ2) is 6.15. The number of benzene rings is 1. The first kappa shape index (κ1) is 17.8. The van der Waals surface area contributed by atoms with Crippen LogP contribution in [0.2, 0.25) is 0 Å². The molecule has 0 amide bonds. The number of hydrogen-bond acceptors (Lipinski definition) is 9. The van der Waals surface area contributed by atoms with Gasteiger partial charge in [-0.05, 0) is 12.1 Å². The van der Waals surface area contributed by atoms with Gasteiger partial charge in [0.25, 0.3) is 0 Å². The van der Waals surface area contributed by atoms with Crippen molar-refractivity contribution in [2.24, 2.45) is 0 Å². The summed E-state index contributed by atoms with van der Waals surface area (Å²) in [6.45, 7) is 0. The predicted molar refractivity (Wildman–Crippen MR) is 74.5 cm³/mol. The standard InChI is InChI=1S/C14H16O10/c15-6-1-5(2-7(16)10(6)19)12(20)24-11-8(17)3-14(23,13(21)22)4-9(11)18/h1-2,8-9,11,15-19,23H,3-4H2,(H,21,22)/t8-,9-,11?,14?/m1/s1. The van der Waals surface area contributed by atoms with Gasteiger partial charge in [-0.3, -0.25) is 0 Å². The molecule has 0 heterocycles. The van der Waals surface area contributed by atoms with E-state index in [-0.39, 0.29) is 5.56 Å². The fourth-order valence-corrected chi connectivity index (χ4v) is 2.51. The Hall–Kier alpha value is -2.56. The van der Waals surface area contributed by atoms with Gasteiger partial charge < -0.3 is 40.5 Å². The second-order valence-corrected chi connectivity index (χ2v) is 5.61. The highest BCUT2D eigenvalue weighted by atomic mass is 16.6. The van der Waals surface area contributed by atoms with Gasteiger partial charge in [-0.25, -0.2) is 9.59 Å². The van der Waals surface area contributed by atoms with Crippen molar-refractivity contribution in [1.29, 1.82) is 0 Å². The Bertz CT molecular complexity index is 635. The molecule has 1 aromatic rings. The van der Waals surface area contributed by atoms with Crippen LogP contribution >= 0.6 is 0 Å². The van der Waals surface area contributed by atoms with Crippen molar-refractivity contribution in [2.75, 3.05) is 0 Å². The Kier molecular flexibility index (Phi) is 4.56. The molecule has 10 nitrogen and oxygen atoms in total. The van der Waals surface area contributed by atoms with E-state index in [2.05, 4.69) is 0 Å². The Labute approximate surface area is 134 Å². The summed E-state index contributed by atoms with van der Waals surface area (Å²) >= 11 is 0. The fraction of sp³-hybridized carbons (Fsp3) is 0.429. The van der Waals surface area contributed by atoms with Gasteiger partial charge >= 0.3 is 11.9 Å². The van der Waals surface area contributed by atoms with Crippen LogP contribution in [0.15, 0.2) is 12.1 Å². The van der Waals surface area contributed by atoms with E-state index in [4.69, 9.17) is 9.84 Å². The Morgan fingerprint density at radius 1 is 1.04 bits per heavy atom. The summed E-state index contributed by atoms with van der Waals surface area (Å²) in [6.07, 6.45) is -6.15. The maximum atomic E-state index is 12.0. The van der Waals surface area contributed by atoms with Crippen molar-refractivity contribution in [3.8, 4) is 17.2 Å². The average molecular weight is 344 g/mol. The molecule has 1 fully saturated rings.